The van der Waals surface area contributed by atoms with Gasteiger partial charge in [0.1, 0.15) is 0 Å². The summed E-state index contributed by atoms with van der Waals surface area (Å²) in [6, 6.07) is 6.41. The van der Waals surface area contributed by atoms with E-state index in [1.54, 1.807) is 12.1 Å². The van der Waals surface area contributed by atoms with E-state index in [2.05, 4.69) is 10.0 Å². The first-order chi connectivity index (χ1) is 13.4. The van der Waals surface area contributed by atoms with E-state index >= 15 is 0 Å². The van der Waals surface area contributed by atoms with Crippen LogP contribution in [0.15, 0.2) is 29.2 Å². The van der Waals surface area contributed by atoms with Crippen molar-refractivity contribution >= 4 is 27.5 Å². The maximum absolute atomic E-state index is 12.6. The Hall–Kier alpha value is -1.93. The van der Waals surface area contributed by atoms with Crippen molar-refractivity contribution in [1.82, 2.24) is 9.62 Å². The fourth-order valence-corrected chi connectivity index (χ4v) is 4.98. The molecule has 1 aliphatic carbocycles. The van der Waals surface area contributed by atoms with Gasteiger partial charge in [0.15, 0.2) is 0 Å². The number of hydrogen-bond acceptors (Lipinski definition) is 4. The number of anilines is 1. The second-order valence-electron chi connectivity index (χ2n) is 7.65. The Morgan fingerprint density at radius 1 is 1.18 bits per heavy atom. The number of unbranched alkanes of at least 4 members (excludes halogenated alkanes) is 1. The Labute approximate surface area is 166 Å². The summed E-state index contributed by atoms with van der Waals surface area (Å²) in [5.74, 6) is -0.482. The van der Waals surface area contributed by atoms with Crippen LogP contribution in [0.3, 0.4) is 0 Å². The second-order valence-corrected chi connectivity index (χ2v) is 9.42. The lowest BCUT2D eigenvalue weighted by Gasteiger charge is -2.23. The van der Waals surface area contributed by atoms with E-state index in [4.69, 9.17) is 0 Å². The molecule has 0 aromatic heterocycles. The first-order valence-electron chi connectivity index (χ1n) is 10.1. The van der Waals surface area contributed by atoms with Crippen molar-refractivity contribution in [2.75, 3.05) is 18.4 Å². The van der Waals surface area contributed by atoms with Crippen LogP contribution in [-0.4, -0.2) is 44.3 Å². The standard InChI is InChI=1S/C20H29N3O4S/c1-2-3-12-21-28(26,27)18-10-8-16(9-11-18)22-20(25)15-13-19(24)23(14-15)17-6-4-5-7-17/h8-11,15,17,21H,2-7,12-14H2,1H3,(H,22,25)/t15-/m0/s1. The molecule has 3 rings (SSSR count). The molecule has 0 unspecified atom stereocenters. The predicted octanol–water partition coefficient (Wildman–Crippen LogP) is 2.49. The van der Waals surface area contributed by atoms with Gasteiger partial charge >= 0.3 is 0 Å². The van der Waals surface area contributed by atoms with Gasteiger partial charge in [0.25, 0.3) is 0 Å². The fraction of sp³-hybridized carbons (Fsp3) is 0.600. The average Bonchev–Trinajstić information content (AvgIpc) is 3.31. The number of rotatable bonds is 8. The number of nitrogens with one attached hydrogen (secondary N) is 2. The Bertz CT molecular complexity index is 801. The molecule has 0 radical (unpaired) electrons. The number of nitrogens with zero attached hydrogens (tertiary/aromatic N) is 1. The van der Waals surface area contributed by atoms with Crippen LogP contribution >= 0.6 is 0 Å². The van der Waals surface area contributed by atoms with Gasteiger partial charge < -0.3 is 10.2 Å². The molecule has 2 amide bonds. The van der Waals surface area contributed by atoms with Gasteiger partial charge in [-0.1, -0.05) is 26.2 Å². The molecular formula is C20H29N3O4S. The van der Waals surface area contributed by atoms with E-state index in [-0.39, 0.29) is 35.1 Å². The third-order valence-corrected chi connectivity index (χ3v) is 7.03. The van der Waals surface area contributed by atoms with Crippen molar-refractivity contribution in [3.63, 3.8) is 0 Å². The molecule has 0 bridgehead atoms. The van der Waals surface area contributed by atoms with E-state index in [0.717, 1.165) is 38.5 Å². The predicted molar refractivity (Wildman–Crippen MR) is 107 cm³/mol. The lowest BCUT2D eigenvalue weighted by Crippen LogP contribution is -2.35. The van der Waals surface area contributed by atoms with Gasteiger partial charge in [-0.2, -0.15) is 0 Å². The molecular weight excluding hydrogens is 378 g/mol. The summed E-state index contributed by atoms with van der Waals surface area (Å²) in [6.07, 6.45) is 6.29. The summed E-state index contributed by atoms with van der Waals surface area (Å²) in [7, 11) is -3.53. The molecule has 1 aromatic rings. The number of carbonyl (C=O) groups excluding carboxylic acids is 2. The molecule has 7 nitrogen and oxygen atoms in total. The van der Waals surface area contributed by atoms with Crippen molar-refractivity contribution < 1.29 is 18.0 Å². The highest BCUT2D eigenvalue weighted by atomic mass is 32.2. The first-order valence-corrected chi connectivity index (χ1v) is 11.6. The molecule has 2 fully saturated rings. The summed E-state index contributed by atoms with van der Waals surface area (Å²) >= 11 is 0. The smallest absolute Gasteiger partial charge is 0.240 e. The molecule has 2 aliphatic rings. The highest BCUT2D eigenvalue weighted by molar-refractivity contribution is 7.89. The highest BCUT2D eigenvalue weighted by Gasteiger charge is 2.38. The monoisotopic (exact) mass is 407 g/mol. The average molecular weight is 408 g/mol. The van der Waals surface area contributed by atoms with Crippen LogP contribution in [0.5, 0.6) is 0 Å². The summed E-state index contributed by atoms with van der Waals surface area (Å²) in [5, 5.41) is 2.81. The molecule has 2 N–H and O–H groups in total. The molecule has 154 valence electrons. The Morgan fingerprint density at radius 3 is 2.50 bits per heavy atom. The molecule has 1 heterocycles. The number of amides is 2. The molecule has 8 heteroatoms. The van der Waals surface area contributed by atoms with E-state index in [9.17, 15) is 18.0 Å². The Balaban J connectivity index is 1.56. The van der Waals surface area contributed by atoms with E-state index in [1.807, 2.05) is 11.8 Å². The minimum Gasteiger partial charge on any atom is -0.339 e. The SMILES string of the molecule is CCCCNS(=O)(=O)c1ccc(NC(=O)[C@H]2CC(=O)N(C3CCCC3)C2)cc1. The lowest BCUT2D eigenvalue weighted by atomic mass is 10.1. The van der Waals surface area contributed by atoms with Crippen molar-refractivity contribution in [3.8, 4) is 0 Å². The van der Waals surface area contributed by atoms with Gasteiger partial charge in [0, 0.05) is 31.2 Å². The lowest BCUT2D eigenvalue weighted by molar-refractivity contribution is -0.129. The van der Waals surface area contributed by atoms with Gasteiger partial charge in [0.2, 0.25) is 21.8 Å². The third kappa shape index (κ3) is 4.91. The number of likely N-dealkylation sites (tertiary alicyclic amines) is 1. The quantitative estimate of drug-likeness (QED) is 0.647. The van der Waals surface area contributed by atoms with Gasteiger partial charge in [0.05, 0.1) is 10.8 Å². The van der Waals surface area contributed by atoms with Crippen LogP contribution in [-0.2, 0) is 19.6 Å². The number of sulfonamides is 1. The van der Waals surface area contributed by atoms with Crippen LogP contribution < -0.4 is 10.0 Å². The number of carbonyl (C=O) groups is 2. The summed E-state index contributed by atoms with van der Waals surface area (Å²) in [4.78, 5) is 26.9. The van der Waals surface area contributed by atoms with Gasteiger partial charge in [-0.15, -0.1) is 0 Å². The second kappa shape index (κ2) is 9.05. The fourth-order valence-electron chi connectivity index (χ4n) is 3.90. The molecule has 1 saturated heterocycles. The third-order valence-electron chi connectivity index (χ3n) is 5.55. The summed E-state index contributed by atoms with van der Waals surface area (Å²) in [6.45, 7) is 2.88. The van der Waals surface area contributed by atoms with Crippen LogP contribution in [0.4, 0.5) is 5.69 Å². The maximum Gasteiger partial charge on any atom is 0.240 e. The summed E-state index contributed by atoms with van der Waals surface area (Å²) < 4.78 is 27.0. The maximum atomic E-state index is 12.6. The minimum atomic E-state index is -3.53. The van der Waals surface area contributed by atoms with Crippen LogP contribution in [0, 0.1) is 5.92 Å². The highest BCUT2D eigenvalue weighted by Crippen LogP contribution is 2.30. The van der Waals surface area contributed by atoms with Crippen LogP contribution in [0.25, 0.3) is 0 Å². The van der Waals surface area contributed by atoms with E-state index in [1.165, 1.54) is 12.1 Å². The van der Waals surface area contributed by atoms with E-state index < -0.39 is 10.0 Å². The van der Waals surface area contributed by atoms with Gasteiger partial charge in [-0.25, -0.2) is 13.1 Å². The van der Waals surface area contributed by atoms with Crippen molar-refractivity contribution in [2.24, 2.45) is 5.92 Å². The molecule has 1 aliphatic heterocycles. The molecule has 28 heavy (non-hydrogen) atoms. The molecule has 1 saturated carbocycles. The van der Waals surface area contributed by atoms with Crippen molar-refractivity contribution in [1.29, 1.82) is 0 Å². The van der Waals surface area contributed by atoms with E-state index in [0.29, 0.717) is 18.8 Å². The Morgan fingerprint density at radius 2 is 1.86 bits per heavy atom. The largest absolute Gasteiger partial charge is 0.339 e. The molecule has 1 atom stereocenters. The zero-order chi connectivity index (χ0) is 20.1. The first kappa shape index (κ1) is 20.8. The van der Waals surface area contributed by atoms with Crippen LogP contribution in [0.1, 0.15) is 51.9 Å². The normalized spacial score (nSPS) is 20.7. The zero-order valence-corrected chi connectivity index (χ0v) is 17.1. The topological polar surface area (TPSA) is 95.6 Å². The number of benzene rings is 1. The van der Waals surface area contributed by atoms with Gasteiger partial charge in [-0.3, -0.25) is 9.59 Å². The zero-order valence-electron chi connectivity index (χ0n) is 16.3. The van der Waals surface area contributed by atoms with Crippen LogP contribution in [0.2, 0.25) is 0 Å². The Kier molecular flexibility index (Phi) is 6.72. The molecule has 1 aromatic carbocycles. The number of hydrogen-bond donors (Lipinski definition) is 2. The molecule has 0 spiro atoms. The van der Waals surface area contributed by atoms with Crippen molar-refractivity contribution in [2.45, 2.75) is 62.8 Å². The van der Waals surface area contributed by atoms with Gasteiger partial charge in [-0.05, 0) is 43.5 Å². The minimum absolute atomic E-state index is 0.0617. The summed E-state index contributed by atoms with van der Waals surface area (Å²) in [5.41, 5.74) is 0.532. The van der Waals surface area contributed by atoms with Crippen molar-refractivity contribution in [3.05, 3.63) is 24.3 Å².